The molecule has 1 spiro atoms. The van der Waals surface area contributed by atoms with E-state index in [0.717, 1.165) is 42.2 Å². The van der Waals surface area contributed by atoms with Crippen LogP contribution in [0.3, 0.4) is 0 Å². The van der Waals surface area contributed by atoms with E-state index in [1.807, 2.05) is 6.07 Å². The molecule has 1 aromatic carbocycles. The molecule has 0 amide bonds. The van der Waals surface area contributed by atoms with E-state index in [1.165, 1.54) is 0 Å². The predicted octanol–water partition coefficient (Wildman–Crippen LogP) is 1.46. The first-order chi connectivity index (χ1) is 7.79. The molecule has 3 nitrogen and oxygen atoms in total. The van der Waals surface area contributed by atoms with Crippen LogP contribution in [0.4, 0.5) is 5.69 Å². The summed E-state index contributed by atoms with van der Waals surface area (Å²) in [5, 5.41) is 10.4. The van der Waals surface area contributed by atoms with Gasteiger partial charge in [-0.2, -0.15) is 0 Å². The van der Waals surface area contributed by atoms with Crippen LogP contribution in [0.1, 0.15) is 18.4 Å². The molecular formula is C12H15N3S. The van der Waals surface area contributed by atoms with Gasteiger partial charge in [0, 0.05) is 24.1 Å². The van der Waals surface area contributed by atoms with Crippen LogP contribution in [-0.2, 0) is 0 Å². The molecule has 0 atom stereocenters. The molecule has 16 heavy (non-hydrogen) atoms. The Bertz CT molecular complexity index is 424. The number of rotatable bonds is 0. The van der Waals surface area contributed by atoms with Gasteiger partial charge in [-0.15, -0.1) is 0 Å². The number of thiocarbonyl (C=S) groups is 1. The van der Waals surface area contributed by atoms with Crippen LogP contribution in [0.15, 0.2) is 24.3 Å². The third-order valence-electron chi connectivity index (χ3n) is 3.36. The highest BCUT2D eigenvalue weighted by atomic mass is 32.1. The van der Waals surface area contributed by atoms with Gasteiger partial charge in [-0.05, 0) is 25.2 Å². The van der Waals surface area contributed by atoms with Gasteiger partial charge in [-0.1, -0.05) is 24.4 Å². The first-order valence-electron chi connectivity index (χ1n) is 5.70. The summed E-state index contributed by atoms with van der Waals surface area (Å²) in [4.78, 5) is 0.872. The van der Waals surface area contributed by atoms with Crippen molar-refractivity contribution in [3.63, 3.8) is 0 Å². The summed E-state index contributed by atoms with van der Waals surface area (Å²) < 4.78 is 0. The fourth-order valence-electron chi connectivity index (χ4n) is 2.47. The molecule has 0 saturated carbocycles. The van der Waals surface area contributed by atoms with Crippen LogP contribution in [0.25, 0.3) is 0 Å². The standard InChI is InChI=1S/C12H15N3S/c16-11-9-3-1-2-4-10(9)14-12(15-11)5-7-13-8-6-12/h1-4,13-14H,5-8H2,(H,15,16). The molecule has 1 aromatic rings. The molecule has 2 aliphatic heterocycles. The number of hydrogen-bond donors (Lipinski definition) is 3. The van der Waals surface area contributed by atoms with E-state index in [-0.39, 0.29) is 5.66 Å². The number of para-hydroxylation sites is 1. The Hall–Kier alpha value is -1.13. The van der Waals surface area contributed by atoms with E-state index in [1.54, 1.807) is 0 Å². The Morgan fingerprint density at radius 3 is 2.62 bits per heavy atom. The minimum absolute atomic E-state index is 0.0311. The summed E-state index contributed by atoms with van der Waals surface area (Å²) in [5.41, 5.74) is 2.24. The van der Waals surface area contributed by atoms with Crippen molar-refractivity contribution in [2.75, 3.05) is 18.4 Å². The highest BCUT2D eigenvalue weighted by Crippen LogP contribution is 2.29. The quantitative estimate of drug-likeness (QED) is 0.593. The Morgan fingerprint density at radius 1 is 1.06 bits per heavy atom. The first kappa shape index (κ1) is 10.1. The van der Waals surface area contributed by atoms with Crippen molar-refractivity contribution in [2.24, 2.45) is 0 Å². The molecule has 2 heterocycles. The van der Waals surface area contributed by atoms with Gasteiger partial charge >= 0.3 is 0 Å². The second kappa shape index (κ2) is 3.71. The number of fused-ring (bicyclic) bond motifs is 1. The van der Waals surface area contributed by atoms with Crippen LogP contribution in [0.2, 0.25) is 0 Å². The maximum atomic E-state index is 5.44. The zero-order valence-electron chi connectivity index (χ0n) is 9.05. The molecule has 0 aromatic heterocycles. The number of piperidine rings is 1. The average Bonchev–Trinajstić information content (AvgIpc) is 2.30. The zero-order valence-corrected chi connectivity index (χ0v) is 9.86. The molecule has 3 rings (SSSR count). The second-order valence-corrected chi connectivity index (χ2v) is 4.87. The van der Waals surface area contributed by atoms with Gasteiger partial charge in [0.25, 0.3) is 0 Å². The molecule has 1 fully saturated rings. The Morgan fingerprint density at radius 2 is 1.81 bits per heavy atom. The average molecular weight is 233 g/mol. The SMILES string of the molecule is S=C1NC2(CCNCC2)Nc2ccccc21. The van der Waals surface area contributed by atoms with Gasteiger partial charge in [0.15, 0.2) is 0 Å². The smallest absolute Gasteiger partial charge is 0.111 e. The maximum Gasteiger partial charge on any atom is 0.111 e. The van der Waals surface area contributed by atoms with Crippen LogP contribution >= 0.6 is 12.2 Å². The highest BCUT2D eigenvalue weighted by Gasteiger charge is 2.36. The van der Waals surface area contributed by atoms with E-state index in [0.29, 0.717) is 0 Å². The van der Waals surface area contributed by atoms with Crippen molar-refractivity contribution in [3.05, 3.63) is 29.8 Å². The number of anilines is 1. The third-order valence-corrected chi connectivity index (χ3v) is 3.68. The van der Waals surface area contributed by atoms with E-state index in [2.05, 4.69) is 34.1 Å². The summed E-state index contributed by atoms with van der Waals surface area (Å²) in [6.45, 7) is 2.07. The molecule has 4 heteroatoms. The van der Waals surface area contributed by atoms with Gasteiger partial charge in [0.1, 0.15) is 10.7 Å². The Labute approximate surface area is 101 Å². The zero-order chi connectivity index (χ0) is 11.0. The molecule has 0 unspecified atom stereocenters. The molecule has 0 aliphatic carbocycles. The lowest BCUT2D eigenvalue weighted by molar-refractivity contribution is 0.314. The lowest BCUT2D eigenvalue weighted by atomic mass is 9.94. The lowest BCUT2D eigenvalue weighted by Gasteiger charge is -2.44. The summed E-state index contributed by atoms with van der Waals surface area (Å²) in [6.07, 6.45) is 2.11. The van der Waals surface area contributed by atoms with Crippen molar-refractivity contribution in [1.29, 1.82) is 0 Å². The Balaban J connectivity index is 1.96. The number of nitrogens with one attached hydrogen (secondary N) is 3. The fourth-order valence-corrected chi connectivity index (χ4v) is 2.84. The summed E-state index contributed by atoms with van der Waals surface area (Å²) in [6, 6.07) is 8.24. The maximum absolute atomic E-state index is 5.44. The summed E-state index contributed by atoms with van der Waals surface area (Å²) in [5.74, 6) is 0. The molecule has 1 saturated heterocycles. The van der Waals surface area contributed by atoms with Gasteiger partial charge in [0.2, 0.25) is 0 Å². The molecule has 0 radical (unpaired) electrons. The normalized spacial score (nSPS) is 22.1. The van der Waals surface area contributed by atoms with Crippen LogP contribution in [0, 0.1) is 0 Å². The van der Waals surface area contributed by atoms with Gasteiger partial charge in [-0.3, -0.25) is 0 Å². The monoisotopic (exact) mass is 233 g/mol. The van der Waals surface area contributed by atoms with Crippen molar-refractivity contribution >= 4 is 22.9 Å². The van der Waals surface area contributed by atoms with Gasteiger partial charge < -0.3 is 16.0 Å². The van der Waals surface area contributed by atoms with Crippen LogP contribution in [0.5, 0.6) is 0 Å². The predicted molar refractivity (Wildman–Crippen MR) is 69.7 cm³/mol. The summed E-state index contributed by atoms with van der Waals surface area (Å²) in [7, 11) is 0. The minimum Gasteiger partial charge on any atom is -0.362 e. The van der Waals surface area contributed by atoms with Gasteiger partial charge in [-0.25, -0.2) is 0 Å². The highest BCUT2D eigenvalue weighted by molar-refractivity contribution is 7.80. The van der Waals surface area contributed by atoms with Crippen molar-refractivity contribution in [3.8, 4) is 0 Å². The largest absolute Gasteiger partial charge is 0.362 e. The van der Waals surface area contributed by atoms with Crippen molar-refractivity contribution in [1.82, 2.24) is 10.6 Å². The second-order valence-electron chi connectivity index (χ2n) is 4.46. The first-order valence-corrected chi connectivity index (χ1v) is 6.10. The van der Waals surface area contributed by atoms with Crippen molar-refractivity contribution in [2.45, 2.75) is 18.5 Å². The van der Waals surface area contributed by atoms with E-state index >= 15 is 0 Å². The van der Waals surface area contributed by atoms with Crippen molar-refractivity contribution < 1.29 is 0 Å². The van der Waals surface area contributed by atoms with E-state index in [9.17, 15) is 0 Å². The third kappa shape index (κ3) is 1.58. The minimum atomic E-state index is -0.0311. The Kier molecular flexibility index (Phi) is 2.33. The molecule has 2 aliphatic rings. The van der Waals surface area contributed by atoms with Gasteiger partial charge in [0.05, 0.1) is 0 Å². The van der Waals surface area contributed by atoms with Crippen LogP contribution in [-0.4, -0.2) is 23.7 Å². The molecular weight excluding hydrogens is 218 g/mol. The number of benzene rings is 1. The molecule has 3 N–H and O–H groups in total. The molecule has 0 bridgehead atoms. The van der Waals surface area contributed by atoms with E-state index in [4.69, 9.17) is 12.2 Å². The van der Waals surface area contributed by atoms with E-state index < -0.39 is 0 Å². The van der Waals surface area contributed by atoms with Crippen LogP contribution < -0.4 is 16.0 Å². The number of hydrogen-bond acceptors (Lipinski definition) is 3. The fraction of sp³-hybridized carbons (Fsp3) is 0.417. The molecule has 84 valence electrons. The topological polar surface area (TPSA) is 36.1 Å². The lowest BCUT2D eigenvalue weighted by Crippen LogP contribution is -2.61. The summed E-state index contributed by atoms with van der Waals surface area (Å²) >= 11 is 5.44.